The van der Waals surface area contributed by atoms with Gasteiger partial charge >= 0.3 is 6.18 Å². The molecule has 35 heavy (non-hydrogen) atoms. The van der Waals surface area contributed by atoms with Crippen molar-refractivity contribution < 1.29 is 31.9 Å². The van der Waals surface area contributed by atoms with Gasteiger partial charge in [-0.25, -0.2) is 4.39 Å². The first-order valence-electron chi connectivity index (χ1n) is 10.5. The van der Waals surface area contributed by atoms with Gasteiger partial charge in [-0.3, -0.25) is 0 Å². The maximum absolute atomic E-state index is 13.2. The van der Waals surface area contributed by atoms with E-state index in [1.807, 2.05) is 12.1 Å². The van der Waals surface area contributed by atoms with Gasteiger partial charge in [-0.15, -0.1) is 0 Å². The molecular weight excluding hydrogens is 460 g/mol. The number of alkyl halides is 3. The van der Waals surface area contributed by atoms with Crippen LogP contribution in [0.1, 0.15) is 5.56 Å². The first-order chi connectivity index (χ1) is 16.8. The zero-order chi connectivity index (χ0) is 24.6. The van der Waals surface area contributed by atoms with Crippen molar-refractivity contribution in [1.29, 1.82) is 0 Å². The molecule has 1 heterocycles. The molecule has 0 radical (unpaired) electrons. The summed E-state index contributed by atoms with van der Waals surface area (Å²) in [6, 6.07) is 25.0. The van der Waals surface area contributed by atoms with Crippen LogP contribution in [-0.2, 0) is 6.18 Å². The van der Waals surface area contributed by atoms with Gasteiger partial charge < -0.3 is 9.63 Å². The highest BCUT2D eigenvalue weighted by molar-refractivity contribution is 5.69. The van der Waals surface area contributed by atoms with E-state index in [1.54, 1.807) is 48.5 Å². The van der Waals surface area contributed by atoms with Gasteiger partial charge in [0.2, 0.25) is 5.69 Å². The summed E-state index contributed by atoms with van der Waals surface area (Å²) in [4.78, 5) is 0. The Morgan fingerprint density at radius 3 is 1.57 bits per heavy atom. The van der Waals surface area contributed by atoms with E-state index in [2.05, 4.69) is 5.27 Å². The highest BCUT2D eigenvalue weighted by Crippen LogP contribution is 2.32. The fraction of sp³-hybridized carbons (Fsp3) is 0.0370. The van der Waals surface area contributed by atoms with Crippen LogP contribution in [0.2, 0.25) is 0 Å². The van der Waals surface area contributed by atoms with E-state index in [4.69, 9.17) is 4.52 Å². The molecule has 0 fully saturated rings. The van der Waals surface area contributed by atoms with E-state index in [0.717, 1.165) is 23.3 Å². The molecule has 0 amide bonds. The van der Waals surface area contributed by atoms with E-state index in [9.17, 15) is 22.7 Å². The third-order valence-corrected chi connectivity index (χ3v) is 5.60. The fourth-order valence-electron chi connectivity index (χ4n) is 3.77. The first-order valence-corrected chi connectivity index (χ1v) is 10.5. The molecule has 0 atom stereocenters. The SMILES string of the molecule is [O-]c1on[n+](-c2ccc(-c3ccc(F)cc3)cc2)c1-c1ccc(-c2ccc(C(F)(F)F)cc2)cc1. The van der Waals surface area contributed by atoms with Crippen LogP contribution in [0.25, 0.3) is 39.2 Å². The van der Waals surface area contributed by atoms with Crippen molar-refractivity contribution in [3.05, 3.63) is 108 Å². The number of rotatable bonds is 4. The van der Waals surface area contributed by atoms with Crippen LogP contribution in [0.3, 0.4) is 0 Å². The van der Waals surface area contributed by atoms with Crippen molar-refractivity contribution >= 4 is 0 Å². The van der Waals surface area contributed by atoms with Crippen LogP contribution in [0.15, 0.2) is 102 Å². The van der Waals surface area contributed by atoms with Crippen molar-refractivity contribution in [3.63, 3.8) is 0 Å². The lowest BCUT2D eigenvalue weighted by Gasteiger charge is -2.08. The zero-order valence-corrected chi connectivity index (χ0v) is 18.0. The summed E-state index contributed by atoms with van der Waals surface area (Å²) in [6.45, 7) is 0. The lowest BCUT2D eigenvalue weighted by molar-refractivity contribution is -0.660. The van der Waals surface area contributed by atoms with Gasteiger partial charge in [0, 0.05) is 12.1 Å². The summed E-state index contributed by atoms with van der Waals surface area (Å²) < 4.78 is 57.9. The molecule has 0 aliphatic carbocycles. The minimum absolute atomic E-state index is 0.207. The van der Waals surface area contributed by atoms with Crippen LogP contribution in [-0.4, -0.2) is 5.27 Å². The molecule has 0 bridgehead atoms. The van der Waals surface area contributed by atoms with E-state index < -0.39 is 17.7 Å². The Bertz CT molecular complexity index is 1460. The van der Waals surface area contributed by atoms with Gasteiger partial charge in [-0.1, -0.05) is 36.4 Å². The van der Waals surface area contributed by atoms with E-state index in [1.165, 1.54) is 28.9 Å². The minimum Gasteiger partial charge on any atom is -0.539 e. The predicted octanol–water partition coefficient (Wildman–Crippen LogP) is 6.18. The average Bonchev–Trinajstić information content (AvgIpc) is 3.25. The summed E-state index contributed by atoms with van der Waals surface area (Å²) >= 11 is 0. The quantitative estimate of drug-likeness (QED) is 0.230. The highest BCUT2D eigenvalue weighted by Gasteiger charge is 2.30. The molecular formula is C27H16F4N2O2. The normalized spacial score (nSPS) is 11.5. The lowest BCUT2D eigenvalue weighted by Crippen LogP contribution is -2.34. The largest absolute Gasteiger partial charge is 0.539 e. The molecule has 0 saturated carbocycles. The molecule has 8 heteroatoms. The highest BCUT2D eigenvalue weighted by atomic mass is 19.4. The van der Waals surface area contributed by atoms with Gasteiger partial charge in [-0.05, 0) is 75.5 Å². The van der Waals surface area contributed by atoms with Gasteiger partial charge in [0.1, 0.15) is 5.82 Å². The predicted molar refractivity (Wildman–Crippen MR) is 119 cm³/mol. The van der Waals surface area contributed by atoms with Crippen LogP contribution < -0.4 is 9.79 Å². The molecule has 0 saturated heterocycles. The maximum atomic E-state index is 13.2. The number of hydrogen-bond acceptors (Lipinski definition) is 3. The fourth-order valence-corrected chi connectivity index (χ4v) is 3.77. The van der Waals surface area contributed by atoms with E-state index >= 15 is 0 Å². The maximum Gasteiger partial charge on any atom is 0.416 e. The molecule has 0 N–H and O–H groups in total. The lowest BCUT2D eigenvalue weighted by atomic mass is 10.0. The number of aromatic nitrogens is 2. The summed E-state index contributed by atoms with van der Waals surface area (Å²) in [7, 11) is 0. The smallest absolute Gasteiger partial charge is 0.416 e. The van der Waals surface area contributed by atoms with Crippen LogP contribution >= 0.6 is 0 Å². The summed E-state index contributed by atoms with van der Waals surface area (Å²) in [5, 5.41) is 16.3. The van der Waals surface area contributed by atoms with E-state index in [0.29, 0.717) is 22.4 Å². The number of hydrogen-bond donors (Lipinski definition) is 0. The average molecular weight is 476 g/mol. The molecule has 4 nitrogen and oxygen atoms in total. The van der Waals surface area contributed by atoms with Crippen molar-refractivity contribution in [2.24, 2.45) is 0 Å². The van der Waals surface area contributed by atoms with Crippen molar-refractivity contribution in [3.8, 4) is 45.1 Å². The Labute approximate surface area is 197 Å². The number of halogens is 4. The van der Waals surface area contributed by atoms with Crippen molar-refractivity contribution in [2.45, 2.75) is 6.18 Å². The Balaban J connectivity index is 1.43. The molecule has 0 unspecified atom stereocenters. The van der Waals surface area contributed by atoms with Crippen molar-refractivity contribution in [1.82, 2.24) is 5.27 Å². The summed E-state index contributed by atoms with van der Waals surface area (Å²) in [5.74, 6) is -0.949. The molecule has 5 rings (SSSR count). The molecule has 0 aliphatic heterocycles. The summed E-state index contributed by atoms with van der Waals surface area (Å²) in [5.41, 5.74) is 3.62. The van der Waals surface area contributed by atoms with Gasteiger partial charge in [-0.2, -0.15) is 13.2 Å². The number of benzene rings is 4. The topological polar surface area (TPSA) is 53.0 Å². The molecule has 1 aromatic heterocycles. The second-order valence-corrected chi connectivity index (χ2v) is 7.83. The third-order valence-electron chi connectivity index (χ3n) is 5.60. The zero-order valence-electron chi connectivity index (χ0n) is 18.0. The third kappa shape index (κ3) is 4.50. The Morgan fingerprint density at radius 2 is 1.06 bits per heavy atom. The van der Waals surface area contributed by atoms with Crippen LogP contribution in [0.4, 0.5) is 17.6 Å². The number of nitrogens with zero attached hydrogens (tertiary/aromatic N) is 2. The molecule has 5 aromatic rings. The molecule has 4 aromatic carbocycles. The second kappa shape index (κ2) is 8.72. The monoisotopic (exact) mass is 476 g/mol. The first kappa shape index (κ1) is 22.3. The van der Waals surface area contributed by atoms with Gasteiger partial charge in [0.05, 0.1) is 16.4 Å². The standard InChI is InChI=1S/C27H16F4N2O2/c28-23-13-7-19(8-14-23)20-9-15-24(16-10-20)33-25(26(34)35-32-33)21-3-1-17(2-4-21)18-5-11-22(12-6-18)27(29,30)31/h1-16H. The molecule has 174 valence electrons. The van der Waals surface area contributed by atoms with Crippen LogP contribution in [0.5, 0.6) is 5.95 Å². The van der Waals surface area contributed by atoms with Gasteiger partial charge in [0.15, 0.2) is 5.95 Å². The molecule has 0 aliphatic rings. The van der Waals surface area contributed by atoms with Crippen LogP contribution in [0, 0.1) is 5.82 Å². The second-order valence-electron chi connectivity index (χ2n) is 7.83. The minimum atomic E-state index is -4.40. The Morgan fingerprint density at radius 1 is 0.629 bits per heavy atom. The van der Waals surface area contributed by atoms with E-state index in [-0.39, 0.29) is 11.5 Å². The Kier molecular flexibility index (Phi) is 5.56. The molecule has 0 spiro atoms. The summed E-state index contributed by atoms with van der Waals surface area (Å²) in [6.07, 6.45) is -4.40. The Hall–Kier alpha value is -4.46. The van der Waals surface area contributed by atoms with Crippen molar-refractivity contribution in [2.75, 3.05) is 0 Å². The van der Waals surface area contributed by atoms with Gasteiger partial charge in [0.25, 0.3) is 5.69 Å².